The average molecular weight is 388 g/mol. The third-order valence-corrected chi connectivity index (χ3v) is 6.09. The van der Waals surface area contributed by atoms with E-state index in [1.807, 2.05) is 19.1 Å². The van der Waals surface area contributed by atoms with Crippen molar-refractivity contribution >= 4 is 5.78 Å². The highest BCUT2D eigenvalue weighted by molar-refractivity contribution is 5.94. The third-order valence-electron chi connectivity index (χ3n) is 6.09. The number of aromatic nitrogens is 2. The first kappa shape index (κ1) is 17.9. The first-order chi connectivity index (χ1) is 14.0. The Morgan fingerprint density at radius 2 is 2.07 bits per heavy atom. The van der Waals surface area contributed by atoms with E-state index in [2.05, 4.69) is 23.2 Å². The number of aryl methyl sites for hydroxylation is 1. The largest absolute Gasteiger partial charge is 0.493 e. The van der Waals surface area contributed by atoms with Crippen molar-refractivity contribution in [1.29, 1.82) is 0 Å². The Labute approximate surface area is 170 Å². The average Bonchev–Trinajstić information content (AvgIpc) is 3.41. The second-order valence-electron chi connectivity index (χ2n) is 8.01. The van der Waals surface area contributed by atoms with Crippen LogP contribution in [0.3, 0.4) is 0 Å². The van der Waals surface area contributed by atoms with Gasteiger partial charge in [-0.15, -0.1) is 0 Å². The number of nitrogens with one attached hydrogen (secondary N) is 1. The van der Waals surface area contributed by atoms with Gasteiger partial charge in [-0.1, -0.05) is 18.2 Å². The molecule has 1 aliphatic heterocycles. The highest BCUT2D eigenvalue weighted by Crippen LogP contribution is 2.50. The van der Waals surface area contributed by atoms with E-state index in [9.17, 15) is 9.59 Å². The monoisotopic (exact) mass is 388 g/mol. The predicted molar refractivity (Wildman–Crippen MR) is 112 cm³/mol. The van der Waals surface area contributed by atoms with Crippen molar-refractivity contribution in [2.24, 2.45) is 0 Å². The maximum Gasteiger partial charge on any atom is 0.247 e. The number of carbonyl (C=O) groups excluding carboxylic acids is 1. The van der Waals surface area contributed by atoms with Crippen molar-refractivity contribution in [1.82, 2.24) is 9.97 Å². The van der Waals surface area contributed by atoms with Crippen LogP contribution < -0.4 is 10.3 Å². The SMILES string of the molecule is Cc1ccc(CC(=O)C2(c3ccc4c(c3)OCC4)CC2)nc1-c1ccc(=O)[nH]c1.[HH]. The molecule has 3 aromatic rings. The van der Waals surface area contributed by atoms with Crippen LogP contribution in [0.4, 0.5) is 0 Å². The molecule has 1 N–H and O–H groups in total. The van der Waals surface area contributed by atoms with Crippen molar-refractivity contribution in [3.63, 3.8) is 0 Å². The highest BCUT2D eigenvalue weighted by atomic mass is 16.5. The fourth-order valence-electron chi connectivity index (χ4n) is 4.17. The van der Waals surface area contributed by atoms with Gasteiger partial charge in [0.15, 0.2) is 0 Å². The number of ketones is 1. The van der Waals surface area contributed by atoms with Crippen LogP contribution in [0.5, 0.6) is 5.75 Å². The Bertz CT molecular complexity index is 1160. The molecule has 148 valence electrons. The van der Waals surface area contributed by atoms with Gasteiger partial charge in [0.05, 0.1) is 17.7 Å². The number of ether oxygens (including phenoxy) is 1. The van der Waals surface area contributed by atoms with Gasteiger partial charge in [0.1, 0.15) is 11.5 Å². The van der Waals surface area contributed by atoms with Crippen LogP contribution in [0, 0.1) is 6.92 Å². The number of carbonyl (C=O) groups is 1. The molecule has 1 saturated carbocycles. The van der Waals surface area contributed by atoms with Gasteiger partial charge in [-0.05, 0) is 54.7 Å². The molecule has 5 rings (SSSR count). The summed E-state index contributed by atoms with van der Waals surface area (Å²) in [6.07, 6.45) is 4.66. The lowest BCUT2D eigenvalue weighted by atomic mass is 9.88. The van der Waals surface area contributed by atoms with Crippen LogP contribution in [0.25, 0.3) is 11.3 Å². The zero-order valence-electron chi connectivity index (χ0n) is 16.3. The summed E-state index contributed by atoms with van der Waals surface area (Å²) in [5.74, 6) is 1.13. The number of rotatable bonds is 5. The summed E-state index contributed by atoms with van der Waals surface area (Å²) >= 11 is 0. The molecule has 0 atom stereocenters. The lowest BCUT2D eigenvalue weighted by molar-refractivity contribution is -0.120. The van der Waals surface area contributed by atoms with Gasteiger partial charge in [-0.3, -0.25) is 14.6 Å². The van der Waals surface area contributed by atoms with Gasteiger partial charge in [-0.2, -0.15) is 0 Å². The molecule has 0 saturated heterocycles. The minimum absolute atomic E-state index is 0. The topological polar surface area (TPSA) is 72.0 Å². The maximum absolute atomic E-state index is 13.2. The summed E-state index contributed by atoms with van der Waals surface area (Å²) in [7, 11) is 0. The smallest absolute Gasteiger partial charge is 0.247 e. The van der Waals surface area contributed by atoms with Crippen LogP contribution in [0.15, 0.2) is 53.5 Å². The Hall–Kier alpha value is -3.21. The van der Waals surface area contributed by atoms with Crippen LogP contribution in [0.2, 0.25) is 0 Å². The predicted octanol–water partition coefficient (Wildman–Crippen LogP) is 3.77. The summed E-state index contributed by atoms with van der Waals surface area (Å²) in [5.41, 5.74) is 5.14. The second-order valence-corrected chi connectivity index (χ2v) is 8.01. The fourth-order valence-corrected chi connectivity index (χ4v) is 4.17. The number of Topliss-reactive ketones (excluding diaryl/α,β-unsaturated/α-hetero) is 1. The summed E-state index contributed by atoms with van der Waals surface area (Å²) in [6, 6.07) is 13.4. The number of nitrogens with zero attached hydrogens (tertiary/aromatic N) is 1. The van der Waals surface area contributed by atoms with Crippen molar-refractivity contribution in [3.05, 3.63) is 81.4 Å². The molecule has 0 spiro atoms. The van der Waals surface area contributed by atoms with E-state index in [-0.39, 0.29) is 12.8 Å². The highest BCUT2D eigenvalue weighted by Gasteiger charge is 2.50. The van der Waals surface area contributed by atoms with Gasteiger partial charge < -0.3 is 9.72 Å². The number of fused-ring (bicyclic) bond motifs is 1. The second kappa shape index (κ2) is 6.69. The van der Waals surface area contributed by atoms with Crippen molar-refractivity contribution in [2.45, 2.75) is 38.0 Å². The van der Waals surface area contributed by atoms with Gasteiger partial charge in [0.25, 0.3) is 0 Å². The normalized spacial score (nSPS) is 16.2. The van der Waals surface area contributed by atoms with E-state index in [1.54, 1.807) is 12.3 Å². The molecule has 0 unspecified atom stereocenters. The molecule has 1 aromatic carbocycles. The van der Waals surface area contributed by atoms with E-state index >= 15 is 0 Å². The molecule has 0 radical (unpaired) electrons. The zero-order chi connectivity index (χ0) is 20.0. The summed E-state index contributed by atoms with van der Waals surface area (Å²) in [6.45, 7) is 2.70. The number of hydrogen-bond acceptors (Lipinski definition) is 4. The molecule has 0 amide bonds. The molecule has 5 nitrogen and oxygen atoms in total. The molecule has 2 aromatic heterocycles. The van der Waals surface area contributed by atoms with Gasteiger partial charge in [-0.25, -0.2) is 0 Å². The number of H-pyrrole nitrogens is 1. The number of hydrogen-bond donors (Lipinski definition) is 1. The molecule has 1 fully saturated rings. The van der Waals surface area contributed by atoms with Crippen LogP contribution in [-0.2, 0) is 23.1 Å². The first-order valence-corrected chi connectivity index (χ1v) is 10.0. The lowest BCUT2D eigenvalue weighted by Crippen LogP contribution is -2.23. The molecule has 1 aliphatic carbocycles. The van der Waals surface area contributed by atoms with Crippen molar-refractivity contribution in [3.8, 4) is 17.0 Å². The quantitative estimate of drug-likeness (QED) is 0.722. The maximum atomic E-state index is 13.2. The van der Waals surface area contributed by atoms with Gasteiger partial charge in [0.2, 0.25) is 5.56 Å². The number of benzene rings is 1. The van der Waals surface area contributed by atoms with E-state index in [4.69, 9.17) is 9.72 Å². The molecule has 3 heterocycles. The van der Waals surface area contributed by atoms with E-state index in [0.29, 0.717) is 6.42 Å². The standard InChI is InChI=1S/C24H22N2O3.H2/c1-15-2-6-19(26-23(15)17-4-7-22(28)25-14-17)13-21(27)24(9-10-24)18-5-3-16-8-11-29-20(16)12-18;/h2-7,12,14H,8-11,13H2,1H3,(H,25,28);1H. The number of aromatic amines is 1. The van der Waals surface area contributed by atoms with Gasteiger partial charge in [0, 0.05) is 37.8 Å². The molecule has 5 heteroatoms. The Balaban J connectivity index is 0.00000218. The molecule has 2 aliphatic rings. The van der Waals surface area contributed by atoms with E-state index in [0.717, 1.165) is 59.7 Å². The lowest BCUT2D eigenvalue weighted by Gasteiger charge is -2.16. The molecular weight excluding hydrogens is 364 g/mol. The Morgan fingerprint density at radius 1 is 1.21 bits per heavy atom. The fraction of sp³-hybridized carbons (Fsp3) is 0.292. The minimum atomic E-state index is -0.397. The van der Waals surface area contributed by atoms with Crippen molar-refractivity contribution < 1.29 is 11.0 Å². The Kier molecular flexibility index (Phi) is 4.12. The van der Waals surface area contributed by atoms with E-state index < -0.39 is 5.41 Å². The van der Waals surface area contributed by atoms with Gasteiger partial charge >= 0.3 is 0 Å². The van der Waals surface area contributed by atoms with Crippen LogP contribution in [-0.4, -0.2) is 22.4 Å². The molecule has 29 heavy (non-hydrogen) atoms. The molecule has 0 bridgehead atoms. The third kappa shape index (κ3) is 3.16. The first-order valence-electron chi connectivity index (χ1n) is 10.0. The van der Waals surface area contributed by atoms with Crippen molar-refractivity contribution in [2.75, 3.05) is 6.61 Å². The summed E-state index contributed by atoms with van der Waals surface area (Å²) < 4.78 is 5.70. The van der Waals surface area contributed by atoms with E-state index in [1.165, 1.54) is 11.6 Å². The molecular formula is C24H24N2O3. The number of pyridine rings is 2. The van der Waals surface area contributed by atoms with Crippen LogP contribution in [0.1, 0.15) is 36.7 Å². The summed E-state index contributed by atoms with van der Waals surface area (Å²) in [5, 5.41) is 0. The zero-order valence-corrected chi connectivity index (χ0v) is 16.3. The van der Waals surface area contributed by atoms with Crippen LogP contribution >= 0.6 is 0 Å². The Morgan fingerprint density at radius 3 is 2.83 bits per heavy atom. The summed E-state index contributed by atoms with van der Waals surface area (Å²) in [4.78, 5) is 32.0. The minimum Gasteiger partial charge on any atom is -0.493 e.